The molecule has 0 amide bonds. The van der Waals surface area contributed by atoms with Crippen LogP contribution in [0.4, 0.5) is 0 Å². The first-order chi connectivity index (χ1) is 11.0. The van der Waals surface area contributed by atoms with E-state index in [0.717, 1.165) is 28.4 Å². The van der Waals surface area contributed by atoms with E-state index in [4.69, 9.17) is 10.1 Å². The van der Waals surface area contributed by atoms with Crippen LogP contribution < -0.4 is 5.56 Å². The van der Waals surface area contributed by atoms with Gasteiger partial charge in [0.25, 0.3) is 5.56 Å². The van der Waals surface area contributed by atoms with E-state index in [2.05, 4.69) is 4.90 Å². The molecule has 0 aromatic carbocycles. The number of aromatic nitrogens is 2. The summed E-state index contributed by atoms with van der Waals surface area (Å²) in [4.78, 5) is 21.8. The molecule has 1 unspecified atom stereocenters. The van der Waals surface area contributed by atoms with Gasteiger partial charge in [-0.3, -0.25) is 14.3 Å². The first-order valence-corrected chi connectivity index (χ1v) is 8.83. The lowest BCUT2D eigenvalue weighted by molar-refractivity contribution is 0.0788. The average molecular weight is 337 g/mol. The minimum atomic E-state index is -0.954. The fourth-order valence-corrected chi connectivity index (χ4v) is 4.13. The van der Waals surface area contributed by atoms with Gasteiger partial charge in [0, 0.05) is 4.88 Å². The topological polar surface area (TPSA) is 78.6 Å². The summed E-state index contributed by atoms with van der Waals surface area (Å²) in [5.74, 6) is 0.679. The third-order valence-corrected chi connectivity index (χ3v) is 5.64. The molecule has 2 N–H and O–H groups in total. The summed E-state index contributed by atoms with van der Waals surface area (Å²) >= 11 is 1.54. The maximum absolute atomic E-state index is 12.9. The number of fused-ring (bicyclic) bond motifs is 1. The number of hydrogen-bond donors (Lipinski definition) is 2. The van der Waals surface area contributed by atoms with Crippen molar-refractivity contribution in [2.75, 3.05) is 19.7 Å². The third-order valence-electron chi connectivity index (χ3n) is 4.54. The first-order valence-electron chi connectivity index (χ1n) is 8.02. The van der Waals surface area contributed by atoms with Crippen molar-refractivity contribution >= 4 is 21.6 Å². The fraction of sp³-hybridized carbons (Fsp3) is 0.625. The molecule has 1 saturated heterocycles. The molecule has 0 saturated carbocycles. The van der Waals surface area contributed by atoms with E-state index in [0.29, 0.717) is 17.8 Å². The van der Waals surface area contributed by atoms with Crippen LogP contribution in [0.1, 0.15) is 29.1 Å². The van der Waals surface area contributed by atoms with Gasteiger partial charge in [-0.25, -0.2) is 4.98 Å². The Morgan fingerprint density at radius 1 is 1.30 bits per heavy atom. The van der Waals surface area contributed by atoms with E-state index in [-0.39, 0.29) is 18.7 Å². The molecule has 1 fully saturated rings. The van der Waals surface area contributed by atoms with Crippen molar-refractivity contribution < 1.29 is 10.2 Å². The molecule has 7 heteroatoms. The molecule has 1 atom stereocenters. The molecule has 1 aliphatic rings. The van der Waals surface area contributed by atoms with Crippen molar-refractivity contribution in [2.45, 2.75) is 45.9 Å². The van der Waals surface area contributed by atoms with Gasteiger partial charge in [-0.1, -0.05) is 0 Å². The first kappa shape index (κ1) is 16.6. The Bertz CT molecular complexity index is 762. The molecule has 0 radical (unpaired) electrons. The zero-order valence-electron chi connectivity index (χ0n) is 13.6. The third kappa shape index (κ3) is 3.19. The maximum Gasteiger partial charge on any atom is 0.262 e. The van der Waals surface area contributed by atoms with E-state index in [1.54, 1.807) is 15.9 Å². The van der Waals surface area contributed by atoms with E-state index in [1.807, 2.05) is 13.8 Å². The highest BCUT2D eigenvalue weighted by atomic mass is 32.1. The van der Waals surface area contributed by atoms with Crippen LogP contribution in [0.3, 0.4) is 0 Å². The lowest BCUT2D eigenvalue weighted by Crippen LogP contribution is -2.34. The lowest BCUT2D eigenvalue weighted by Gasteiger charge is -2.19. The van der Waals surface area contributed by atoms with E-state index < -0.39 is 6.10 Å². The molecule has 0 aliphatic carbocycles. The van der Waals surface area contributed by atoms with Gasteiger partial charge in [0.2, 0.25) is 0 Å². The number of aryl methyl sites for hydroxylation is 2. The maximum atomic E-state index is 12.9. The number of aliphatic hydroxyl groups is 2. The highest BCUT2D eigenvalue weighted by Crippen LogP contribution is 2.26. The number of aliphatic hydroxyl groups excluding tert-OH is 2. The van der Waals surface area contributed by atoms with Crippen LogP contribution in [-0.4, -0.2) is 50.5 Å². The molecule has 3 heterocycles. The van der Waals surface area contributed by atoms with Crippen LogP contribution in [0, 0.1) is 13.8 Å². The minimum absolute atomic E-state index is 0.0791. The smallest absolute Gasteiger partial charge is 0.262 e. The Balaban J connectivity index is 2.10. The van der Waals surface area contributed by atoms with Crippen LogP contribution in [0.25, 0.3) is 10.2 Å². The summed E-state index contributed by atoms with van der Waals surface area (Å²) in [5.41, 5.74) is 0.848. The molecular weight excluding hydrogens is 314 g/mol. The number of likely N-dealkylation sites (tertiary alicyclic amines) is 1. The molecule has 23 heavy (non-hydrogen) atoms. The number of nitrogens with zero attached hydrogens (tertiary/aromatic N) is 3. The van der Waals surface area contributed by atoms with E-state index >= 15 is 0 Å². The predicted octanol–water partition coefficient (Wildman–Crippen LogP) is 1.02. The summed E-state index contributed by atoms with van der Waals surface area (Å²) in [6, 6.07) is 0. The van der Waals surface area contributed by atoms with Crippen molar-refractivity contribution in [3.8, 4) is 0 Å². The van der Waals surface area contributed by atoms with Gasteiger partial charge in [-0.15, -0.1) is 11.3 Å². The van der Waals surface area contributed by atoms with Crippen molar-refractivity contribution in [3.05, 3.63) is 26.6 Å². The molecule has 2 aromatic rings. The highest BCUT2D eigenvalue weighted by Gasteiger charge is 2.21. The zero-order chi connectivity index (χ0) is 16.6. The van der Waals surface area contributed by atoms with Crippen LogP contribution in [0.2, 0.25) is 0 Å². The van der Waals surface area contributed by atoms with Crippen molar-refractivity contribution in [2.24, 2.45) is 0 Å². The minimum Gasteiger partial charge on any atom is -0.394 e. The predicted molar refractivity (Wildman–Crippen MR) is 91.0 cm³/mol. The largest absolute Gasteiger partial charge is 0.394 e. The van der Waals surface area contributed by atoms with Gasteiger partial charge in [-0.05, 0) is 45.3 Å². The number of thiophene rings is 1. The normalized spacial score (nSPS) is 17.2. The second-order valence-corrected chi connectivity index (χ2v) is 7.43. The van der Waals surface area contributed by atoms with E-state index in [1.165, 1.54) is 12.8 Å². The highest BCUT2D eigenvalue weighted by molar-refractivity contribution is 7.18. The Labute approximate surface area is 139 Å². The van der Waals surface area contributed by atoms with Gasteiger partial charge in [-0.2, -0.15) is 0 Å². The van der Waals surface area contributed by atoms with Gasteiger partial charge in [0.05, 0.1) is 31.2 Å². The summed E-state index contributed by atoms with van der Waals surface area (Å²) < 4.78 is 1.54. The fourth-order valence-electron chi connectivity index (χ4n) is 3.09. The van der Waals surface area contributed by atoms with Crippen LogP contribution in [0.15, 0.2) is 4.79 Å². The molecule has 2 aromatic heterocycles. The van der Waals surface area contributed by atoms with Crippen LogP contribution in [0.5, 0.6) is 0 Å². The SMILES string of the molecule is Cc1sc2nc(CN3CCCC3)n(CC(O)CO)c(=O)c2c1C. The van der Waals surface area contributed by atoms with Gasteiger partial charge in [0.1, 0.15) is 10.7 Å². The molecule has 126 valence electrons. The number of rotatable bonds is 5. The van der Waals surface area contributed by atoms with Gasteiger partial charge < -0.3 is 10.2 Å². The second-order valence-electron chi connectivity index (χ2n) is 6.23. The molecule has 6 nitrogen and oxygen atoms in total. The van der Waals surface area contributed by atoms with Crippen molar-refractivity contribution in [3.63, 3.8) is 0 Å². The Morgan fingerprint density at radius 2 is 2.00 bits per heavy atom. The molecule has 0 bridgehead atoms. The standard InChI is InChI=1S/C16H23N3O3S/c1-10-11(2)23-15-14(10)16(22)19(7-12(21)9-20)13(17-15)8-18-5-3-4-6-18/h12,20-21H,3-9H2,1-2H3. The summed E-state index contributed by atoms with van der Waals surface area (Å²) in [6.07, 6.45) is 1.38. The van der Waals surface area contributed by atoms with Crippen LogP contribution >= 0.6 is 11.3 Å². The summed E-state index contributed by atoms with van der Waals surface area (Å²) in [6.45, 7) is 6.28. The van der Waals surface area contributed by atoms with Crippen molar-refractivity contribution in [1.82, 2.24) is 14.5 Å². The quantitative estimate of drug-likeness (QED) is 0.852. The summed E-state index contributed by atoms with van der Waals surface area (Å²) in [5, 5.41) is 19.6. The monoisotopic (exact) mass is 337 g/mol. The van der Waals surface area contributed by atoms with Gasteiger partial charge in [0.15, 0.2) is 0 Å². The van der Waals surface area contributed by atoms with Crippen LogP contribution in [-0.2, 0) is 13.1 Å². The van der Waals surface area contributed by atoms with Gasteiger partial charge >= 0.3 is 0 Å². The Hall–Kier alpha value is -1.28. The number of hydrogen-bond acceptors (Lipinski definition) is 6. The molecule has 3 rings (SSSR count). The molecule has 1 aliphatic heterocycles. The zero-order valence-corrected chi connectivity index (χ0v) is 14.4. The second kappa shape index (κ2) is 6.68. The molecule has 0 spiro atoms. The average Bonchev–Trinajstić information content (AvgIpc) is 3.12. The summed E-state index contributed by atoms with van der Waals surface area (Å²) in [7, 11) is 0. The van der Waals surface area contributed by atoms with Crippen molar-refractivity contribution in [1.29, 1.82) is 0 Å². The lowest BCUT2D eigenvalue weighted by atomic mass is 10.2. The Kier molecular flexibility index (Phi) is 4.82. The van der Waals surface area contributed by atoms with E-state index in [9.17, 15) is 9.90 Å². The Morgan fingerprint density at radius 3 is 2.65 bits per heavy atom. The molecular formula is C16H23N3O3S.